The van der Waals surface area contributed by atoms with Gasteiger partial charge >= 0.3 is 0 Å². The Kier molecular flexibility index (Phi) is 9.59. The Morgan fingerprint density at radius 2 is 1.72 bits per heavy atom. The SMILES string of the molecule is CCCCCCCCNS(=O)(=O)C(CC)C(N)=S. The van der Waals surface area contributed by atoms with E-state index < -0.39 is 15.3 Å². The topological polar surface area (TPSA) is 72.2 Å². The van der Waals surface area contributed by atoms with Gasteiger partial charge in [0.1, 0.15) is 5.25 Å². The van der Waals surface area contributed by atoms with Gasteiger partial charge in [-0.3, -0.25) is 0 Å². The summed E-state index contributed by atoms with van der Waals surface area (Å²) in [4.78, 5) is 0.0490. The minimum Gasteiger partial charge on any atom is -0.392 e. The van der Waals surface area contributed by atoms with Crippen LogP contribution in [-0.4, -0.2) is 25.2 Å². The number of thiocarbonyl (C=S) groups is 1. The number of nitrogens with two attached hydrogens (primary N) is 1. The summed E-state index contributed by atoms with van der Waals surface area (Å²) in [7, 11) is -3.39. The molecular weight excluding hydrogens is 268 g/mol. The normalized spacial score (nSPS) is 13.4. The molecule has 108 valence electrons. The van der Waals surface area contributed by atoms with Crippen molar-refractivity contribution in [3.63, 3.8) is 0 Å². The number of nitrogens with one attached hydrogen (secondary N) is 1. The Morgan fingerprint density at radius 3 is 2.22 bits per heavy atom. The Labute approximate surface area is 117 Å². The highest BCUT2D eigenvalue weighted by Crippen LogP contribution is 2.07. The molecule has 4 nitrogen and oxygen atoms in total. The molecule has 0 amide bonds. The minimum absolute atomic E-state index is 0.0490. The van der Waals surface area contributed by atoms with Crippen LogP contribution in [0.25, 0.3) is 0 Å². The van der Waals surface area contributed by atoms with E-state index in [1.165, 1.54) is 25.7 Å². The van der Waals surface area contributed by atoms with Gasteiger partial charge in [-0.1, -0.05) is 58.2 Å². The van der Waals surface area contributed by atoms with E-state index in [4.69, 9.17) is 18.0 Å². The van der Waals surface area contributed by atoms with Gasteiger partial charge in [0.15, 0.2) is 0 Å². The van der Waals surface area contributed by atoms with Gasteiger partial charge in [-0.05, 0) is 12.8 Å². The lowest BCUT2D eigenvalue weighted by atomic mass is 10.1. The third kappa shape index (κ3) is 7.28. The molecule has 0 rings (SSSR count). The molecule has 0 aromatic rings. The molecule has 6 heteroatoms. The first kappa shape index (κ1) is 17.8. The fraction of sp³-hybridized carbons (Fsp3) is 0.917. The second kappa shape index (κ2) is 9.69. The van der Waals surface area contributed by atoms with Gasteiger partial charge in [-0.25, -0.2) is 13.1 Å². The van der Waals surface area contributed by atoms with Crippen LogP contribution in [0.1, 0.15) is 58.8 Å². The minimum atomic E-state index is -3.39. The maximum atomic E-state index is 11.9. The van der Waals surface area contributed by atoms with Gasteiger partial charge in [0.25, 0.3) is 0 Å². The van der Waals surface area contributed by atoms with E-state index >= 15 is 0 Å². The zero-order valence-corrected chi connectivity index (χ0v) is 13.1. The van der Waals surface area contributed by atoms with Gasteiger partial charge in [-0.2, -0.15) is 0 Å². The third-order valence-electron chi connectivity index (χ3n) is 2.90. The maximum absolute atomic E-state index is 11.9. The highest BCUT2D eigenvalue weighted by atomic mass is 32.2. The highest BCUT2D eigenvalue weighted by Gasteiger charge is 2.25. The van der Waals surface area contributed by atoms with E-state index in [2.05, 4.69) is 11.6 Å². The van der Waals surface area contributed by atoms with Crippen LogP contribution in [0.15, 0.2) is 0 Å². The zero-order valence-electron chi connectivity index (χ0n) is 11.4. The molecule has 0 bridgehead atoms. The van der Waals surface area contributed by atoms with Crippen LogP contribution >= 0.6 is 12.2 Å². The standard InChI is InChI=1S/C12H26N2O2S2/c1-3-5-6-7-8-9-10-14-18(15,16)11(4-2)12(13)17/h11,14H,3-10H2,1-2H3,(H2,13,17). The lowest BCUT2D eigenvalue weighted by molar-refractivity contribution is 0.562. The molecule has 0 aliphatic heterocycles. The zero-order chi connectivity index (χ0) is 14.0. The van der Waals surface area contributed by atoms with Crippen molar-refractivity contribution in [2.75, 3.05) is 6.54 Å². The Morgan fingerprint density at radius 1 is 1.17 bits per heavy atom. The summed E-state index contributed by atoms with van der Waals surface area (Å²) in [5.74, 6) is 0. The summed E-state index contributed by atoms with van der Waals surface area (Å²) in [5, 5.41) is -0.743. The number of hydrogen-bond donors (Lipinski definition) is 2. The second-order valence-corrected chi connectivity index (χ2v) is 6.93. The number of sulfonamides is 1. The van der Waals surface area contributed by atoms with Crippen LogP contribution < -0.4 is 10.5 Å². The van der Waals surface area contributed by atoms with E-state index in [-0.39, 0.29) is 4.99 Å². The molecule has 1 atom stereocenters. The smallest absolute Gasteiger partial charge is 0.220 e. The van der Waals surface area contributed by atoms with Gasteiger partial charge < -0.3 is 5.73 Å². The lowest BCUT2D eigenvalue weighted by Crippen LogP contribution is -2.41. The molecule has 18 heavy (non-hydrogen) atoms. The van der Waals surface area contributed by atoms with Crippen molar-refractivity contribution in [2.24, 2.45) is 5.73 Å². The maximum Gasteiger partial charge on any atom is 0.220 e. The van der Waals surface area contributed by atoms with Crippen molar-refractivity contribution in [2.45, 2.75) is 64.0 Å². The highest BCUT2D eigenvalue weighted by molar-refractivity contribution is 7.93. The Balaban J connectivity index is 3.87. The third-order valence-corrected chi connectivity index (χ3v) is 5.27. The molecular formula is C12H26N2O2S2. The summed E-state index contributed by atoms with van der Waals surface area (Å²) in [6, 6.07) is 0. The predicted molar refractivity (Wildman–Crippen MR) is 81.2 cm³/mol. The molecule has 3 N–H and O–H groups in total. The fourth-order valence-corrected chi connectivity index (χ4v) is 3.72. The largest absolute Gasteiger partial charge is 0.392 e. The van der Waals surface area contributed by atoms with Gasteiger partial charge in [0.05, 0.1) is 4.99 Å². The first-order valence-electron chi connectivity index (χ1n) is 6.73. The van der Waals surface area contributed by atoms with Crippen LogP contribution in [-0.2, 0) is 10.0 Å². The first-order valence-corrected chi connectivity index (χ1v) is 8.69. The van der Waals surface area contributed by atoms with E-state index in [0.717, 1.165) is 12.8 Å². The first-order chi connectivity index (χ1) is 8.45. The van der Waals surface area contributed by atoms with Crippen LogP contribution in [0.3, 0.4) is 0 Å². The van der Waals surface area contributed by atoms with Crippen LogP contribution in [0.2, 0.25) is 0 Å². The lowest BCUT2D eigenvalue weighted by Gasteiger charge is -2.15. The molecule has 0 radical (unpaired) electrons. The second-order valence-electron chi connectivity index (χ2n) is 4.51. The van der Waals surface area contributed by atoms with Gasteiger partial charge in [-0.15, -0.1) is 0 Å². The molecule has 0 fully saturated rings. The van der Waals surface area contributed by atoms with Crippen molar-refractivity contribution in [3.8, 4) is 0 Å². The van der Waals surface area contributed by atoms with Crippen LogP contribution in [0, 0.1) is 0 Å². The molecule has 0 spiro atoms. The Hall–Kier alpha value is -0.200. The molecule has 0 aliphatic rings. The van der Waals surface area contributed by atoms with E-state index in [1.807, 2.05) is 0 Å². The quantitative estimate of drug-likeness (QED) is 0.453. The fourth-order valence-electron chi connectivity index (χ4n) is 1.79. The number of hydrogen-bond acceptors (Lipinski definition) is 3. The van der Waals surface area contributed by atoms with Crippen LogP contribution in [0.5, 0.6) is 0 Å². The molecule has 1 unspecified atom stereocenters. The summed E-state index contributed by atoms with van der Waals surface area (Å²) in [5.41, 5.74) is 5.43. The van der Waals surface area contributed by atoms with E-state index in [0.29, 0.717) is 13.0 Å². The molecule has 0 saturated carbocycles. The van der Waals surface area contributed by atoms with Crippen molar-refractivity contribution >= 4 is 27.2 Å². The van der Waals surface area contributed by atoms with E-state index in [9.17, 15) is 8.42 Å². The van der Waals surface area contributed by atoms with Crippen molar-refractivity contribution < 1.29 is 8.42 Å². The number of rotatable bonds is 11. The van der Waals surface area contributed by atoms with Crippen molar-refractivity contribution in [1.82, 2.24) is 4.72 Å². The summed E-state index contributed by atoms with van der Waals surface area (Å²) in [6.45, 7) is 4.43. The van der Waals surface area contributed by atoms with Gasteiger partial charge in [0, 0.05) is 6.54 Å². The molecule has 0 aromatic carbocycles. The molecule has 0 aliphatic carbocycles. The molecule has 0 aromatic heterocycles. The van der Waals surface area contributed by atoms with Crippen molar-refractivity contribution in [1.29, 1.82) is 0 Å². The van der Waals surface area contributed by atoms with Gasteiger partial charge in [0.2, 0.25) is 10.0 Å². The molecule has 0 heterocycles. The summed E-state index contributed by atoms with van der Waals surface area (Å²) >= 11 is 4.77. The monoisotopic (exact) mass is 294 g/mol. The van der Waals surface area contributed by atoms with Crippen LogP contribution in [0.4, 0.5) is 0 Å². The average Bonchev–Trinajstić information content (AvgIpc) is 2.27. The summed E-state index contributed by atoms with van der Waals surface area (Å²) < 4.78 is 26.3. The summed E-state index contributed by atoms with van der Waals surface area (Å²) in [6.07, 6.45) is 7.23. The Bertz CT molecular complexity index is 329. The van der Waals surface area contributed by atoms with E-state index in [1.54, 1.807) is 6.92 Å². The van der Waals surface area contributed by atoms with Crippen molar-refractivity contribution in [3.05, 3.63) is 0 Å². The molecule has 0 saturated heterocycles. The predicted octanol–water partition coefficient (Wildman–Crippen LogP) is 2.33. The average molecular weight is 294 g/mol. The number of unbranched alkanes of at least 4 members (excludes halogenated alkanes) is 5.